The van der Waals surface area contributed by atoms with Gasteiger partial charge in [0, 0.05) is 38.0 Å². The Balaban J connectivity index is 1.07. The van der Waals surface area contributed by atoms with Gasteiger partial charge in [-0.1, -0.05) is 48.5 Å². The highest BCUT2D eigenvalue weighted by Gasteiger charge is 2.37. The first-order chi connectivity index (χ1) is 16.9. The molecule has 184 valence electrons. The van der Waals surface area contributed by atoms with Gasteiger partial charge >= 0.3 is 12.1 Å². The Labute approximate surface area is 204 Å². The number of ether oxygens (including phenoxy) is 1. The lowest BCUT2D eigenvalue weighted by molar-refractivity contribution is -0.148. The number of benzene rings is 2. The molecule has 2 aromatic carbocycles. The second kappa shape index (κ2) is 9.70. The van der Waals surface area contributed by atoms with Crippen molar-refractivity contribution in [3.05, 3.63) is 59.7 Å². The van der Waals surface area contributed by atoms with Gasteiger partial charge in [0.2, 0.25) is 5.91 Å². The zero-order valence-corrected chi connectivity index (χ0v) is 19.9. The predicted molar refractivity (Wildman–Crippen MR) is 130 cm³/mol. The number of rotatable bonds is 6. The van der Waals surface area contributed by atoms with Gasteiger partial charge in [-0.15, -0.1) is 0 Å². The number of piperazine rings is 1. The number of amides is 2. The van der Waals surface area contributed by atoms with Crippen LogP contribution in [0, 0.1) is 5.92 Å². The van der Waals surface area contributed by atoms with Gasteiger partial charge in [0.15, 0.2) is 0 Å². The van der Waals surface area contributed by atoms with Gasteiger partial charge in [0.05, 0.1) is 0 Å². The van der Waals surface area contributed by atoms with Crippen molar-refractivity contribution in [3.8, 4) is 11.1 Å². The summed E-state index contributed by atoms with van der Waals surface area (Å²) in [6, 6.07) is 15.8. The molecule has 2 amide bonds. The average Bonchev–Trinajstić information content (AvgIpc) is 3.15. The molecule has 35 heavy (non-hydrogen) atoms. The molecule has 3 aliphatic rings. The minimum absolute atomic E-state index is 0.00251. The molecule has 8 heteroatoms. The maximum Gasteiger partial charge on any atom is 0.407 e. The Hall–Kier alpha value is -3.39. The van der Waals surface area contributed by atoms with Gasteiger partial charge in [-0.2, -0.15) is 0 Å². The van der Waals surface area contributed by atoms with Crippen LogP contribution in [0.4, 0.5) is 4.79 Å². The largest absolute Gasteiger partial charge is 0.480 e. The monoisotopic (exact) mass is 477 g/mol. The number of nitrogens with zero attached hydrogens (tertiary/aromatic N) is 2. The van der Waals surface area contributed by atoms with Crippen LogP contribution < -0.4 is 5.32 Å². The molecule has 1 unspecified atom stereocenters. The zero-order chi connectivity index (χ0) is 24.5. The van der Waals surface area contributed by atoms with E-state index in [1.165, 1.54) is 22.3 Å². The number of carbonyl (C=O) groups excluding carboxylic acids is 2. The van der Waals surface area contributed by atoms with Crippen LogP contribution in [-0.4, -0.2) is 78.2 Å². The second-order valence-corrected chi connectivity index (χ2v) is 9.88. The molecule has 8 nitrogen and oxygen atoms in total. The van der Waals surface area contributed by atoms with Crippen molar-refractivity contribution in [2.45, 2.75) is 37.3 Å². The Morgan fingerprint density at radius 1 is 1.00 bits per heavy atom. The SMILES string of the molecule is CN1CCN(C(=O)CC2CC(NC(=O)OCC3c4ccccc4-c4ccccc43)C2)CC1C(=O)O. The summed E-state index contributed by atoms with van der Waals surface area (Å²) in [6.07, 6.45) is 1.42. The van der Waals surface area contributed by atoms with Gasteiger partial charge in [-0.25, -0.2) is 4.79 Å². The Morgan fingerprint density at radius 3 is 2.26 bits per heavy atom. The van der Waals surface area contributed by atoms with Crippen LogP contribution in [0.25, 0.3) is 11.1 Å². The summed E-state index contributed by atoms with van der Waals surface area (Å²) in [5.41, 5.74) is 4.74. The first kappa shape index (κ1) is 23.4. The molecular formula is C27H31N3O5. The molecule has 5 rings (SSSR count). The van der Waals surface area contributed by atoms with Crippen LogP contribution >= 0.6 is 0 Å². The number of hydrogen-bond donors (Lipinski definition) is 2. The predicted octanol–water partition coefficient (Wildman–Crippen LogP) is 2.92. The van der Waals surface area contributed by atoms with Gasteiger partial charge < -0.3 is 20.1 Å². The lowest BCUT2D eigenvalue weighted by Crippen LogP contribution is -2.56. The summed E-state index contributed by atoms with van der Waals surface area (Å²) in [6.45, 7) is 1.61. The minimum atomic E-state index is -0.902. The van der Waals surface area contributed by atoms with E-state index in [-0.39, 0.29) is 36.9 Å². The third kappa shape index (κ3) is 4.75. The van der Waals surface area contributed by atoms with Crippen LogP contribution in [-0.2, 0) is 14.3 Å². The molecule has 2 N–H and O–H groups in total. The third-order valence-electron chi connectivity index (χ3n) is 7.65. The van der Waals surface area contributed by atoms with Crippen molar-refractivity contribution in [1.82, 2.24) is 15.1 Å². The molecule has 2 aromatic rings. The highest BCUT2D eigenvalue weighted by molar-refractivity contribution is 5.80. The topological polar surface area (TPSA) is 99.2 Å². The number of fused-ring (bicyclic) bond motifs is 3. The van der Waals surface area contributed by atoms with Gasteiger partial charge in [0.25, 0.3) is 0 Å². The smallest absolute Gasteiger partial charge is 0.407 e. The summed E-state index contributed by atoms with van der Waals surface area (Å²) in [5.74, 6) is -0.683. The fourth-order valence-corrected chi connectivity index (χ4v) is 5.57. The first-order valence-electron chi connectivity index (χ1n) is 12.2. The number of alkyl carbamates (subject to hydrolysis) is 1. The number of likely N-dealkylation sites (N-methyl/N-ethyl adjacent to an activating group) is 1. The van der Waals surface area contributed by atoms with Crippen molar-refractivity contribution >= 4 is 18.0 Å². The van der Waals surface area contributed by atoms with Crippen LogP contribution in [0.2, 0.25) is 0 Å². The second-order valence-electron chi connectivity index (χ2n) is 9.88. The molecule has 0 spiro atoms. The van der Waals surface area contributed by atoms with E-state index >= 15 is 0 Å². The molecule has 1 saturated heterocycles. The van der Waals surface area contributed by atoms with E-state index in [0.29, 0.717) is 19.5 Å². The molecular weight excluding hydrogens is 446 g/mol. The molecule has 0 bridgehead atoms. The van der Waals surface area contributed by atoms with E-state index in [1.807, 2.05) is 24.3 Å². The fourth-order valence-electron chi connectivity index (χ4n) is 5.57. The molecule has 2 aliphatic carbocycles. The number of carboxylic acid groups (broad SMARTS) is 1. The molecule has 1 heterocycles. The van der Waals surface area contributed by atoms with Crippen molar-refractivity contribution in [2.24, 2.45) is 5.92 Å². The fraction of sp³-hybridized carbons (Fsp3) is 0.444. The van der Waals surface area contributed by atoms with Gasteiger partial charge in [-0.05, 0) is 48.1 Å². The van der Waals surface area contributed by atoms with E-state index in [4.69, 9.17) is 4.74 Å². The number of carbonyl (C=O) groups is 3. The molecule has 1 saturated carbocycles. The third-order valence-corrected chi connectivity index (χ3v) is 7.65. The highest BCUT2D eigenvalue weighted by Crippen LogP contribution is 2.44. The average molecular weight is 478 g/mol. The lowest BCUT2D eigenvalue weighted by atomic mass is 9.78. The summed E-state index contributed by atoms with van der Waals surface area (Å²) >= 11 is 0. The summed E-state index contributed by atoms with van der Waals surface area (Å²) in [4.78, 5) is 39.9. The molecule has 1 aliphatic heterocycles. The molecule has 1 atom stereocenters. The van der Waals surface area contributed by atoms with E-state index in [1.54, 1.807) is 16.8 Å². The van der Waals surface area contributed by atoms with E-state index < -0.39 is 18.1 Å². The normalized spacial score (nSPS) is 23.7. The quantitative estimate of drug-likeness (QED) is 0.664. The lowest BCUT2D eigenvalue weighted by Gasteiger charge is -2.40. The van der Waals surface area contributed by atoms with Crippen molar-refractivity contribution in [1.29, 1.82) is 0 Å². The molecule has 0 aromatic heterocycles. The molecule has 0 radical (unpaired) electrons. The zero-order valence-electron chi connectivity index (χ0n) is 19.9. The van der Waals surface area contributed by atoms with E-state index in [0.717, 1.165) is 12.8 Å². The van der Waals surface area contributed by atoms with Crippen LogP contribution in [0.5, 0.6) is 0 Å². The number of hydrogen-bond acceptors (Lipinski definition) is 5. The van der Waals surface area contributed by atoms with Crippen molar-refractivity contribution in [3.63, 3.8) is 0 Å². The minimum Gasteiger partial charge on any atom is -0.480 e. The van der Waals surface area contributed by atoms with Crippen molar-refractivity contribution < 1.29 is 24.2 Å². The summed E-state index contributed by atoms with van der Waals surface area (Å²) in [5, 5.41) is 12.3. The Morgan fingerprint density at radius 2 is 1.63 bits per heavy atom. The standard InChI is InChI=1S/C27H31N3O5/c1-29-10-11-30(15-24(29)26(32)33)25(31)14-17-12-18(13-17)28-27(34)35-16-23-21-8-4-2-6-19(21)20-7-3-5-9-22(20)23/h2-9,17-18,23-24H,10-16H2,1H3,(H,28,34)(H,32,33). The van der Waals surface area contributed by atoms with E-state index in [2.05, 4.69) is 29.6 Å². The van der Waals surface area contributed by atoms with Crippen molar-refractivity contribution in [2.75, 3.05) is 33.3 Å². The summed E-state index contributed by atoms with van der Waals surface area (Å²) in [7, 11) is 1.77. The maximum atomic E-state index is 12.7. The number of nitrogens with one attached hydrogen (secondary N) is 1. The van der Waals surface area contributed by atoms with Crippen LogP contribution in [0.3, 0.4) is 0 Å². The van der Waals surface area contributed by atoms with E-state index in [9.17, 15) is 19.5 Å². The Bertz CT molecular complexity index is 1080. The Kier molecular flexibility index (Phi) is 6.47. The van der Waals surface area contributed by atoms with Crippen LogP contribution in [0.1, 0.15) is 36.3 Å². The van der Waals surface area contributed by atoms with Gasteiger partial charge in [-0.3, -0.25) is 14.5 Å². The van der Waals surface area contributed by atoms with Crippen LogP contribution in [0.15, 0.2) is 48.5 Å². The van der Waals surface area contributed by atoms with Gasteiger partial charge in [0.1, 0.15) is 12.6 Å². The maximum absolute atomic E-state index is 12.7. The first-order valence-corrected chi connectivity index (χ1v) is 12.2. The number of carboxylic acids is 1. The molecule has 2 fully saturated rings. The number of aliphatic carboxylic acids is 1. The highest BCUT2D eigenvalue weighted by atomic mass is 16.5. The summed E-state index contributed by atoms with van der Waals surface area (Å²) < 4.78 is 5.62.